The van der Waals surface area contributed by atoms with E-state index in [2.05, 4.69) is 25.8 Å². The minimum Gasteiger partial charge on any atom is -0.389 e. The molecule has 3 amide bonds. The summed E-state index contributed by atoms with van der Waals surface area (Å²) in [6.07, 6.45) is -1.02. The Morgan fingerprint density at radius 2 is 2.00 bits per heavy atom. The zero-order valence-electron chi connectivity index (χ0n) is 15.1. The second kappa shape index (κ2) is 6.83. The highest BCUT2D eigenvalue weighted by Crippen LogP contribution is 2.38. The Balaban J connectivity index is 1.51. The van der Waals surface area contributed by atoms with E-state index in [4.69, 9.17) is 8.74 Å². The van der Waals surface area contributed by atoms with E-state index < -0.39 is 46.6 Å². The van der Waals surface area contributed by atoms with Crippen LogP contribution in [0.15, 0.2) is 4.99 Å². The summed E-state index contributed by atoms with van der Waals surface area (Å²) >= 11 is 0. The summed E-state index contributed by atoms with van der Waals surface area (Å²) in [6, 6.07) is -2.12. The number of guanidine groups is 1. The number of urea groups is 1. The van der Waals surface area contributed by atoms with Gasteiger partial charge in [-0.3, -0.25) is 19.7 Å². The quantitative estimate of drug-likeness (QED) is 0.323. The lowest BCUT2D eigenvalue weighted by molar-refractivity contribution is -0.122. The number of piperidine rings is 1. The maximum atomic E-state index is 11.6. The summed E-state index contributed by atoms with van der Waals surface area (Å²) in [5, 5.41) is 18.6. The van der Waals surface area contributed by atoms with Crippen molar-refractivity contribution in [1.29, 1.82) is 0 Å². The minimum atomic E-state index is -4.58. The molecule has 0 radical (unpaired) electrons. The first-order chi connectivity index (χ1) is 13.1. The highest BCUT2D eigenvalue weighted by atomic mass is 32.3. The van der Waals surface area contributed by atoms with E-state index in [9.17, 15) is 23.1 Å². The molecule has 4 rings (SSSR count). The molecule has 3 saturated heterocycles. The molecule has 0 aromatic carbocycles. The minimum absolute atomic E-state index is 0.0416. The number of nitrogens with one attached hydrogen (secondary N) is 3. The van der Waals surface area contributed by atoms with Gasteiger partial charge in [-0.25, -0.2) is 8.98 Å². The van der Waals surface area contributed by atoms with E-state index in [1.807, 2.05) is 6.92 Å². The van der Waals surface area contributed by atoms with Crippen molar-refractivity contribution in [2.45, 2.75) is 62.6 Å². The Morgan fingerprint density at radius 1 is 1.25 bits per heavy atom. The van der Waals surface area contributed by atoms with Crippen molar-refractivity contribution >= 4 is 28.3 Å². The van der Waals surface area contributed by atoms with Gasteiger partial charge < -0.3 is 20.6 Å². The van der Waals surface area contributed by atoms with E-state index in [-0.39, 0.29) is 24.4 Å². The Morgan fingerprint density at radius 3 is 2.68 bits per heavy atom. The molecule has 0 spiro atoms. The normalized spacial score (nSPS) is 38.7. The van der Waals surface area contributed by atoms with Gasteiger partial charge in [-0.15, -0.1) is 0 Å². The van der Waals surface area contributed by atoms with Crippen LogP contribution in [-0.4, -0.2) is 83.8 Å². The highest BCUT2D eigenvalue weighted by molar-refractivity contribution is 7.80. The van der Waals surface area contributed by atoms with Crippen molar-refractivity contribution in [2.24, 2.45) is 10.9 Å². The molecule has 5 N–H and O–H groups in total. The first-order valence-electron chi connectivity index (χ1n) is 9.16. The summed E-state index contributed by atoms with van der Waals surface area (Å²) in [5.41, 5.74) is 0. The van der Waals surface area contributed by atoms with Gasteiger partial charge in [0.1, 0.15) is 0 Å². The van der Waals surface area contributed by atoms with Crippen LogP contribution in [0.4, 0.5) is 4.79 Å². The Bertz CT molecular complexity index is 802. The smallest absolute Gasteiger partial charge is 0.389 e. The number of hydrogen-bond acceptors (Lipinski definition) is 9. The third-order valence-corrected chi connectivity index (χ3v) is 6.50. The molecule has 7 unspecified atom stereocenters. The zero-order valence-corrected chi connectivity index (χ0v) is 15.9. The molecule has 0 saturated carbocycles. The van der Waals surface area contributed by atoms with Gasteiger partial charge in [-0.1, -0.05) is 6.92 Å². The summed E-state index contributed by atoms with van der Waals surface area (Å²) in [4.78, 5) is 29.7. The van der Waals surface area contributed by atoms with Gasteiger partial charge in [-0.05, 0) is 12.8 Å². The van der Waals surface area contributed by atoms with E-state index in [0.717, 1.165) is 0 Å². The number of rotatable bonds is 4. The van der Waals surface area contributed by atoms with Gasteiger partial charge in [0, 0.05) is 18.4 Å². The van der Waals surface area contributed by atoms with Gasteiger partial charge in [0.05, 0.1) is 36.9 Å². The van der Waals surface area contributed by atoms with Crippen molar-refractivity contribution in [1.82, 2.24) is 20.9 Å². The fraction of sp³-hybridized carbons (Fsp3) is 0.800. The number of amides is 3. The number of hydrogen-bond donors (Lipinski definition) is 5. The Kier molecular flexibility index (Phi) is 4.72. The van der Waals surface area contributed by atoms with E-state index >= 15 is 0 Å². The molecule has 0 aliphatic carbocycles. The molecule has 0 bridgehead atoms. The van der Waals surface area contributed by atoms with Crippen LogP contribution in [0.2, 0.25) is 0 Å². The zero-order chi connectivity index (χ0) is 20.2. The molecule has 12 nitrogen and oxygen atoms in total. The average molecular weight is 417 g/mol. The molecule has 7 atom stereocenters. The lowest BCUT2D eigenvalue weighted by Crippen LogP contribution is -2.68. The third kappa shape index (κ3) is 3.54. The largest absolute Gasteiger partial charge is 0.397 e. The maximum absolute atomic E-state index is 11.6. The molecular weight excluding hydrogens is 394 g/mol. The van der Waals surface area contributed by atoms with Crippen molar-refractivity contribution in [2.75, 3.05) is 6.54 Å². The number of imide groups is 1. The van der Waals surface area contributed by atoms with Crippen molar-refractivity contribution in [3.05, 3.63) is 0 Å². The molecule has 3 fully saturated rings. The predicted molar refractivity (Wildman–Crippen MR) is 94.5 cm³/mol. The van der Waals surface area contributed by atoms with Crippen LogP contribution in [-0.2, 0) is 19.4 Å². The van der Waals surface area contributed by atoms with Crippen LogP contribution < -0.4 is 16.0 Å². The Labute approximate surface area is 161 Å². The van der Waals surface area contributed by atoms with Crippen LogP contribution in [0.1, 0.15) is 26.2 Å². The van der Waals surface area contributed by atoms with Crippen LogP contribution in [0.25, 0.3) is 0 Å². The third-order valence-electron chi connectivity index (χ3n) is 6.01. The highest BCUT2D eigenvalue weighted by Gasteiger charge is 2.51. The summed E-state index contributed by atoms with van der Waals surface area (Å²) in [6.45, 7) is 2.29. The number of carbonyl (C=O) groups excluding carboxylic acids is 2. The van der Waals surface area contributed by atoms with Crippen molar-refractivity contribution < 1.29 is 31.8 Å². The molecule has 13 heteroatoms. The second-order valence-corrected chi connectivity index (χ2v) is 8.81. The van der Waals surface area contributed by atoms with E-state index in [1.165, 1.54) is 0 Å². The number of aliphatic imine (C=N–C) groups is 1. The number of nitrogens with zero attached hydrogens (tertiary/aromatic N) is 2. The van der Waals surface area contributed by atoms with Gasteiger partial charge in [0.2, 0.25) is 5.91 Å². The van der Waals surface area contributed by atoms with Gasteiger partial charge in [0.15, 0.2) is 5.96 Å². The van der Waals surface area contributed by atoms with E-state index in [0.29, 0.717) is 25.3 Å². The first kappa shape index (κ1) is 19.4. The molecule has 4 aliphatic rings. The molecule has 28 heavy (non-hydrogen) atoms. The topological polar surface area (TPSA) is 170 Å². The van der Waals surface area contributed by atoms with Crippen LogP contribution in [0.5, 0.6) is 0 Å². The molecule has 0 aromatic rings. The molecule has 4 heterocycles. The van der Waals surface area contributed by atoms with Crippen LogP contribution in [0, 0.1) is 5.92 Å². The summed E-state index contributed by atoms with van der Waals surface area (Å²) in [7, 11) is -4.58. The maximum Gasteiger partial charge on any atom is 0.397 e. The number of aliphatic hydroxyl groups is 1. The SMILES string of the molecule is CC1C(OS(=O)(=O)O)CC2CC(C(O)C3CC(=O)NC(=O)N3)NC3=NCC1N32. The fourth-order valence-corrected chi connectivity index (χ4v) is 5.26. The van der Waals surface area contributed by atoms with Crippen LogP contribution >= 0.6 is 0 Å². The molecule has 0 aromatic heterocycles. The number of aliphatic hydroxyl groups excluding tert-OH is 1. The lowest BCUT2D eigenvalue weighted by Gasteiger charge is -2.51. The Hall–Kier alpha value is -1.96. The van der Waals surface area contributed by atoms with Crippen molar-refractivity contribution in [3.8, 4) is 0 Å². The molecule has 4 aliphatic heterocycles. The monoisotopic (exact) mass is 417 g/mol. The average Bonchev–Trinajstić information content (AvgIpc) is 3.01. The molecule has 156 valence electrons. The second-order valence-electron chi connectivity index (χ2n) is 7.76. The number of carbonyl (C=O) groups is 2. The van der Waals surface area contributed by atoms with Crippen LogP contribution in [0.3, 0.4) is 0 Å². The predicted octanol–water partition coefficient (Wildman–Crippen LogP) is -2.06. The molecular formula is C15H23N5O7S. The van der Waals surface area contributed by atoms with Gasteiger partial charge >= 0.3 is 16.4 Å². The summed E-state index contributed by atoms with van der Waals surface area (Å²) in [5.74, 6) is -0.0327. The van der Waals surface area contributed by atoms with Crippen molar-refractivity contribution in [3.63, 3.8) is 0 Å². The first-order valence-corrected chi connectivity index (χ1v) is 10.5. The van der Waals surface area contributed by atoms with Gasteiger partial charge in [0.25, 0.3) is 0 Å². The van der Waals surface area contributed by atoms with Gasteiger partial charge in [-0.2, -0.15) is 8.42 Å². The lowest BCUT2D eigenvalue weighted by atomic mass is 9.80. The fourth-order valence-electron chi connectivity index (χ4n) is 4.69. The standard InChI is InChI=1S/C15H23N5O7S/c1-6-10-5-16-14-17-8(13(22)9-4-12(21)19-15(23)18-9)2-7(20(10)14)3-11(6)27-28(24,25)26/h6-11,13,22H,2-5H2,1H3,(H,16,17)(H,24,25,26)(H2,18,19,21,23). The summed E-state index contributed by atoms with van der Waals surface area (Å²) < 4.78 is 36.4. The van der Waals surface area contributed by atoms with E-state index in [1.54, 1.807) is 0 Å².